The van der Waals surface area contributed by atoms with Crippen LogP contribution >= 0.6 is 0 Å². The molecule has 0 bridgehead atoms. The van der Waals surface area contributed by atoms with E-state index in [1.54, 1.807) is 20.8 Å². The third-order valence-electron chi connectivity index (χ3n) is 2.94. The van der Waals surface area contributed by atoms with Crippen LogP contribution in [-0.4, -0.2) is 40.7 Å². The number of nitrogens with zero attached hydrogens (tertiary/aromatic N) is 1. The quantitative estimate of drug-likeness (QED) is 0.237. The van der Waals surface area contributed by atoms with Crippen LogP contribution in [0, 0.1) is 0 Å². The van der Waals surface area contributed by atoms with E-state index in [4.69, 9.17) is 26.0 Å². The number of nitrogens with two attached hydrogens (primary N) is 2. The van der Waals surface area contributed by atoms with E-state index >= 15 is 0 Å². The maximum Gasteiger partial charge on any atom is 0.408 e. The summed E-state index contributed by atoms with van der Waals surface area (Å²) < 4.78 is 10.3. The van der Waals surface area contributed by atoms with Crippen molar-refractivity contribution in [3.8, 4) is 5.75 Å². The van der Waals surface area contributed by atoms with Gasteiger partial charge in [0.25, 0.3) is 0 Å². The van der Waals surface area contributed by atoms with E-state index in [2.05, 4.69) is 10.3 Å². The Morgan fingerprint density at radius 1 is 1.19 bits per heavy atom. The van der Waals surface area contributed by atoms with Gasteiger partial charge in [-0.05, 0) is 51.5 Å². The Morgan fingerprint density at radius 3 is 2.26 bits per heavy atom. The fourth-order valence-electron chi connectivity index (χ4n) is 1.89. The zero-order valence-corrected chi connectivity index (χ0v) is 15.4. The molecule has 0 radical (unpaired) electrons. The number of guanidine groups is 1. The molecule has 0 aliphatic rings. The fraction of sp³-hybridized carbons (Fsp3) is 0.412. The van der Waals surface area contributed by atoms with Crippen molar-refractivity contribution >= 4 is 29.7 Å². The Kier molecular flexibility index (Phi) is 7.58. The van der Waals surface area contributed by atoms with Gasteiger partial charge in [0.1, 0.15) is 17.4 Å². The molecule has 0 spiro atoms. The summed E-state index contributed by atoms with van der Waals surface area (Å²) >= 11 is 0. The molecule has 27 heavy (non-hydrogen) atoms. The lowest BCUT2D eigenvalue weighted by atomic mass is 10.1. The van der Waals surface area contributed by atoms with Gasteiger partial charge in [-0.25, -0.2) is 14.6 Å². The van der Waals surface area contributed by atoms with Crippen molar-refractivity contribution in [1.82, 2.24) is 5.32 Å². The minimum atomic E-state index is -1.19. The number of carbonyl (C=O) groups is 3. The van der Waals surface area contributed by atoms with Crippen LogP contribution in [0.2, 0.25) is 0 Å². The Bertz CT molecular complexity index is 705. The molecule has 10 nitrogen and oxygen atoms in total. The molecule has 0 saturated carbocycles. The van der Waals surface area contributed by atoms with E-state index in [-0.39, 0.29) is 24.6 Å². The zero-order valence-electron chi connectivity index (χ0n) is 15.4. The highest BCUT2D eigenvalue weighted by Crippen LogP contribution is 2.19. The number of nitrogens with one attached hydrogen (secondary N) is 1. The molecule has 148 valence electrons. The van der Waals surface area contributed by atoms with Crippen LogP contribution in [0.4, 0.5) is 10.5 Å². The number of amides is 1. The van der Waals surface area contributed by atoms with Crippen molar-refractivity contribution in [2.45, 2.75) is 45.3 Å². The number of hydrogen-bond donors (Lipinski definition) is 4. The summed E-state index contributed by atoms with van der Waals surface area (Å²) in [5.41, 5.74) is 10.2. The molecule has 1 aromatic rings. The van der Waals surface area contributed by atoms with Crippen molar-refractivity contribution in [3.05, 3.63) is 24.3 Å². The number of hydrogen-bond acceptors (Lipinski definition) is 6. The van der Waals surface area contributed by atoms with Crippen molar-refractivity contribution in [3.63, 3.8) is 0 Å². The minimum absolute atomic E-state index is 0.116. The Hall–Kier alpha value is -3.30. The number of carbonyl (C=O) groups excluding carboxylic acids is 2. The third kappa shape index (κ3) is 9.10. The van der Waals surface area contributed by atoms with Crippen LogP contribution in [0.1, 0.15) is 33.6 Å². The number of benzene rings is 1. The molecule has 0 unspecified atom stereocenters. The van der Waals surface area contributed by atoms with Crippen LogP contribution in [0.15, 0.2) is 29.3 Å². The first kappa shape index (κ1) is 21.7. The smallest absolute Gasteiger partial charge is 0.408 e. The van der Waals surface area contributed by atoms with E-state index in [9.17, 15) is 14.4 Å². The van der Waals surface area contributed by atoms with E-state index in [0.29, 0.717) is 5.69 Å². The Balaban J connectivity index is 2.81. The molecule has 6 N–H and O–H groups in total. The average molecular weight is 380 g/mol. The predicted octanol–water partition coefficient (Wildman–Crippen LogP) is 1.26. The van der Waals surface area contributed by atoms with Crippen molar-refractivity contribution in [1.29, 1.82) is 0 Å². The van der Waals surface area contributed by atoms with Crippen LogP contribution < -0.4 is 21.5 Å². The molecule has 0 heterocycles. The molecule has 0 aliphatic carbocycles. The average Bonchev–Trinajstić information content (AvgIpc) is 2.50. The minimum Gasteiger partial charge on any atom is -0.481 e. The summed E-state index contributed by atoms with van der Waals surface area (Å²) in [6, 6.07) is 4.78. The van der Waals surface area contributed by atoms with E-state index in [1.165, 1.54) is 24.3 Å². The summed E-state index contributed by atoms with van der Waals surface area (Å²) in [5, 5.41) is 11.2. The molecule has 0 saturated heterocycles. The zero-order chi connectivity index (χ0) is 20.6. The standard InChI is InChI=1S/C17H24N4O6/c1-17(2,3)27-16(25)21-12(8-9-13(22)23)14(24)26-11-6-4-10(5-7-11)20-15(18)19/h4-7,12H,8-9H2,1-3H3,(H,21,25)(H,22,23)(H4,18,19,20)/t12-/m0/s1. The topological polar surface area (TPSA) is 166 Å². The SMILES string of the molecule is CC(C)(C)OC(=O)N[C@@H](CCC(=O)O)C(=O)Oc1ccc(N=C(N)N)cc1. The maximum atomic E-state index is 12.3. The molecular weight excluding hydrogens is 356 g/mol. The van der Waals surface area contributed by atoms with Crippen LogP contribution in [0.3, 0.4) is 0 Å². The lowest BCUT2D eigenvalue weighted by molar-refractivity contribution is -0.139. The van der Waals surface area contributed by atoms with Crippen molar-refractivity contribution in [2.75, 3.05) is 0 Å². The lowest BCUT2D eigenvalue weighted by Crippen LogP contribution is -2.45. The summed E-state index contributed by atoms with van der Waals surface area (Å²) in [6.45, 7) is 4.99. The molecular formula is C17H24N4O6. The van der Waals surface area contributed by atoms with Crippen LogP contribution in [0.5, 0.6) is 5.75 Å². The molecule has 0 aliphatic heterocycles. The number of alkyl carbamates (subject to hydrolysis) is 1. The number of carboxylic acids is 1. The van der Waals surface area contributed by atoms with Gasteiger partial charge in [0, 0.05) is 6.42 Å². The number of carboxylic acid groups (broad SMARTS) is 1. The second kappa shape index (κ2) is 9.41. The highest BCUT2D eigenvalue weighted by molar-refractivity contribution is 5.84. The lowest BCUT2D eigenvalue weighted by Gasteiger charge is -2.22. The summed E-state index contributed by atoms with van der Waals surface area (Å²) in [6.07, 6.45) is -1.34. The van der Waals surface area contributed by atoms with Crippen molar-refractivity contribution < 1.29 is 29.0 Å². The number of ether oxygens (including phenoxy) is 2. The monoisotopic (exact) mass is 380 g/mol. The first-order valence-electron chi connectivity index (χ1n) is 8.09. The summed E-state index contributed by atoms with van der Waals surface area (Å²) in [7, 11) is 0. The van der Waals surface area contributed by atoms with Gasteiger partial charge in [-0.2, -0.15) is 0 Å². The van der Waals surface area contributed by atoms with E-state index < -0.39 is 29.7 Å². The van der Waals surface area contributed by atoms with E-state index in [0.717, 1.165) is 0 Å². The molecule has 1 atom stereocenters. The highest BCUT2D eigenvalue weighted by atomic mass is 16.6. The van der Waals surface area contributed by atoms with Gasteiger partial charge in [0.2, 0.25) is 0 Å². The molecule has 1 aromatic carbocycles. The first-order chi connectivity index (χ1) is 12.5. The van der Waals surface area contributed by atoms with Crippen LogP contribution in [-0.2, 0) is 14.3 Å². The maximum absolute atomic E-state index is 12.3. The van der Waals surface area contributed by atoms with Gasteiger partial charge in [-0.3, -0.25) is 4.79 Å². The second-order valence-corrected chi connectivity index (χ2v) is 6.58. The highest BCUT2D eigenvalue weighted by Gasteiger charge is 2.26. The largest absolute Gasteiger partial charge is 0.481 e. The normalized spacial score (nSPS) is 11.8. The summed E-state index contributed by atoms with van der Waals surface area (Å²) in [5.74, 6) is -1.87. The number of rotatable bonds is 7. The molecule has 0 fully saturated rings. The van der Waals surface area contributed by atoms with Crippen molar-refractivity contribution in [2.24, 2.45) is 16.5 Å². The second-order valence-electron chi connectivity index (χ2n) is 6.58. The molecule has 1 rings (SSSR count). The number of esters is 1. The molecule has 0 aromatic heterocycles. The first-order valence-corrected chi connectivity index (χ1v) is 8.09. The van der Waals surface area contributed by atoms with Gasteiger partial charge < -0.3 is 31.4 Å². The fourth-order valence-corrected chi connectivity index (χ4v) is 1.89. The number of aliphatic carboxylic acids is 1. The Morgan fingerprint density at radius 2 is 1.78 bits per heavy atom. The van der Waals surface area contributed by atoms with Gasteiger partial charge in [-0.15, -0.1) is 0 Å². The van der Waals surface area contributed by atoms with Gasteiger partial charge in [0.05, 0.1) is 5.69 Å². The number of aliphatic imine (C=N–C) groups is 1. The molecule has 1 amide bonds. The molecule has 10 heteroatoms. The van der Waals surface area contributed by atoms with Gasteiger partial charge in [0.15, 0.2) is 5.96 Å². The van der Waals surface area contributed by atoms with E-state index in [1.807, 2.05) is 0 Å². The van der Waals surface area contributed by atoms with Crippen LogP contribution in [0.25, 0.3) is 0 Å². The predicted molar refractivity (Wildman–Crippen MR) is 97.6 cm³/mol. The van der Waals surface area contributed by atoms with Gasteiger partial charge in [-0.1, -0.05) is 0 Å². The third-order valence-corrected chi connectivity index (χ3v) is 2.94. The summed E-state index contributed by atoms with van der Waals surface area (Å²) in [4.78, 5) is 38.9. The van der Waals surface area contributed by atoms with Gasteiger partial charge >= 0.3 is 18.0 Å². The Labute approximate surface area is 156 Å².